The normalized spacial score (nSPS) is 15.5. The molecule has 1 aromatic heterocycles. The minimum absolute atomic E-state index is 0.0104. The van der Waals surface area contributed by atoms with Gasteiger partial charge in [-0.1, -0.05) is 11.4 Å². The molecule has 5 heteroatoms. The molecule has 0 saturated heterocycles. The van der Waals surface area contributed by atoms with Crippen LogP contribution in [-0.2, 0) is 6.42 Å². The van der Waals surface area contributed by atoms with Crippen molar-refractivity contribution >= 4 is 17.4 Å². The molecule has 1 aromatic rings. The Morgan fingerprint density at radius 3 is 3.07 bits per heavy atom. The summed E-state index contributed by atoms with van der Waals surface area (Å²) in [5, 5.41) is 6.82. The fourth-order valence-corrected chi connectivity index (χ4v) is 1.92. The summed E-state index contributed by atoms with van der Waals surface area (Å²) in [7, 11) is 0. The second-order valence-electron chi connectivity index (χ2n) is 3.56. The number of rotatable bonds is 4. The third-order valence-corrected chi connectivity index (χ3v) is 3.11. The van der Waals surface area contributed by atoms with Crippen molar-refractivity contribution in [1.29, 1.82) is 0 Å². The molecule has 0 aliphatic heterocycles. The molecule has 1 aliphatic rings. The van der Waals surface area contributed by atoms with Crippen LogP contribution in [0.3, 0.4) is 0 Å². The third kappa shape index (κ3) is 2.09. The summed E-state index contributed by atoms with van der Waals surface area (Å²) in [4.78, 5) is 12.3. The van der Waals surface area contributed by atoms with E-state index in [2.05, 4.69) is 14.9 Å². The Kier molecular flexibility index (Phi) is 2.77. The van der Waals surface area contributed by atoms with E-state index in [1.54, 1.807) is 0 Å². The lowest BCUT2D eigenvalue weighted by Crippen LogP contribution is -2.25. The second kappa shape index (κ2) is 4.04. The predicted octanol–water partition coefficient (Wildman–Crippen LogP) is 1.24. The lowest BCUT2D eigenvalue weighted by molar-refractivity contribution is 0.0955. The predicted molar refractivity (Wildman–Crippen MR) is 54.3 cm³/mol. The van der Waals surface area contributed by atoms with Crippen LogP contribution < -0.4 is 5.32 Å². The zero-order valence-corrected chi connectivity index (χ0v) is 8.93. The number of nitrogens with one attached hydrogen (secondary N) is 1. The van der Waals surface area contributed by atoms with Crippen LogP contribution in [0.5, 0.6) is 0 Å². The molecular formula is C9H13N3OS. The maximum atomic E-state index is 11.6. The molecule has 0 aromatic carbocycles. The summed E-state index contributed by atoms with van der Waals surface area (Å²) in [6.45, 7) is 2.79. The maximum absolute atomic E-state index is 11.6. The van der Waals surface area contributed by atoms with Crippen LogP contribution in [-0.4, -0.2) is 22.0 Å². The van der Waals surface area contributed by atoms with Crippen molar-refractivity contribution in [1.82, 2.24) is 14.9 Å². The van der Waals surface area contributed by atoms with E-state index in [9.17, 15) is 4.79 Å². The Bertz CT molecular complexity index is 333. The molecular weight excluding hydrogens is 198 g/mol. The topological polar surface area (TPSA) is 54.9 Å². The van der Waals surface area contributed by atoms with Crippen LogP contribution in [0.15, 0.2) is 0 Å². The van der Waals surface area contributed by atoms with Crippen molar-refractivity contribution in [3.8, 4) is 0 Å². The van der Waals surface area contributed by atoms with E-state index in [4.69, 9.17) is 0 Å². The molecule has 2 rings (SSSR count). The van der Waals surface area contributed by atoms with Gasteiger partial charge >= 0.3 is 0 Å². The fourth-order valence-electron chi connectivity index (χ4n) is 1.25. The lowest BCUT2D eigenvalue weighted by atomic mass is 10.3. The monoisotopic (exact) mass is 211 g/mol. The molecule has 1 fully saturated rings. The number of carbonyl (C=O) groups excluding carboxylic acids is 1. The van der Waals surface area contributed by atoms with Crippen molar-refractivity contribution in [2.75, 3.05) is 6.54 Å². The van der Waals surface area contributed by atoms with Gasteiger partial charge in [0.05, 0.1) is 5.69 Å². The first-order chi connectivity index (χ1) is 6.81. The van der Waals surface area contributed by atoms with E-state index in [0.29, 0.717) is 10.8 Å². The first-order valence-electron chi connectivity index (χ1n) is 4.90. The van der Waals surface area contributed by atoms with E-state index in [1.165, 1.54) is 24.4 Å². The quantitative estimate of drug-likeness (QED) is 0.815. The summed E-state index contributed by atoms with van der Waals surface area (Å²) < 4.78 is 3.79. The number of hydrogen-bond acceptors (Lipinski definition) is 4. The standard InChI is InChI=1S/C9H13N3OS/c1-2-7-8(14-12-11-7)9(13)10-5-6-3-4-6/h6H,2-5H2,1H3,(H,10,13). The van der Waals surface area contributed by atoms with Gasteiger partial charge in [-0.05, 0) is 36.7 Å². The van der Waals surface area contributed by atoms with Crippen LogP contribution in [0, 0.1) is 5.92 Å². The van der Waals surface area contributed by atoms with Crippen LogP contribution >= 0.6 is 11.5 Å². The minimum atomic E-state index is -0.0104. The Balaban J connectivity index is 1.94. The highest BCUT2D eigenvalue weighted by Gasteiger charge is 2.23. The average molecular weight is 211 g/mol. The molecule has 14 heavy (non-hydrogen) atoms. The van der Waals surface area contributed by atoms with E-state index >= 15 is 0 Å². The van der Waals surface area contributed by atoms with Crippen molar-refractivity contribution in [3.63, 3.8) is 0 Å². The number of aromatic nitrogens is 2. The Hall–Kier alpha value is -0.970. The highest BCUT2D eigenvalue weighted by molar-refractivity contribution is 7.08. The summed E-state index contributed by atoms with van der Waals surface area (Å²) in [6.07, 6.45) is 3.27. The SMILES string of the molecule is CCc1nnsc1C(=O)NCC1CC1. The third-order valence-electron chi connectivity index (χ3n) is 2.35. The van der Waals surface area contributed by atoms with Crippen molar-refractivity contribution in [2.24, 2.45) is 5.92 Å². The fraction of sp³-hybridized carbons (Fsp3) is 0.667. The number of hydrogen-bond donors (Lipinski definition) is 1. The van der Waals surface area contributed by atoms with Crippen LogP contribution in [0.1, 0.15) is 35.1 Å². The van der Waals surface area contributed by atoms with Gasteiger partial charge in [0.1, 0.15) is 4.88 Å². The highest BCUT2D eigenvalue weighted by atomic mass is 32.1. The molecule has 0 unspecified atom stereocenters. The van der Waals surface area contributed by atoms with Gasteiger partial charge in [-0.15, -0.1) is 5.10 Å². The number of amides is 1. The molecule has 0 spiro atoms. The number of nitrogens with zero attached hydrogens (tertiary/aromatic N) is 2. The maximum Gasteiger partial charge on any atom is 0.264 e. The molecule has 0 radical (unpaired) electrons. The van der Waals surface area contributed by atoms with Gasteiger partial charge < -0.3 is 5.32 Å². The van der Waals surface area contributed by atoms with Crippen LogP contribution in [0.4, 0.5) is 0 Å². The number of aryl methyl sites for hydroxylation is 1. The summed E-state index contributed by atoms with van der Waals surface area (Å²) in [6, 6.07) is 0. The molecule has 1 saturated carbocycles. The Morgan fingerprint density at radius 1 is 1.64 bits per heavy atom. The molecule has 0 atom stereocenters. The van der Waals surface area contributed by atoms with Crippen molar-refractivity contribution < 1.29 is 4.79 Å². The van der Waals surface area contributed by atoms with Gasteiger partial charge in [0.25, 0.3) is 5.91 Å². The summed E-state index contributed by atoms with van der Waals surface area (Å²) in [5.74, 6) is 0.702. The second-order valence-corrected chi connectivity index (χ2v) is 4.31. The zero-order chi connectivity index (χ0) is 9.97. The molecule has 4 nitrogen and oxygen atoms in total. The van der Waals surface area contributed by atoms with Crippen LogP contribution in [0.25, 0.3) is 0 Å². The Morgan fingerprint density at radius 2 is 2.43 bits per heavy atom. The molecule has 1 aliphatic carbocycles. The first kappa shape index (κ1) is 9.58. The first-order valence-corrected chi connectivity index (χ1v) is 5.68. The Labute approximate surface area is 86.9 Å². The molecule has 1 heterocycles. The van der Waals surface area contributed by atoms with Gasteiger partial charge in [-0.2, -0.15) is 0 Å². The molecule has 1 amide bonds. The van der Waals surface area contributed by atoms with E-state index in [0.717, 1.165) is 18.7 Å². The lowest BCUT2D eigenvalue weighted by Gasteiger charge is -2.01. The van der Waals surface area contributed by atoms with Crippen molar-refractivity contribution in [3.05, 3.63) is 10.6 Å². The number of carbonyl (C=O) groups is 1. The zero-order valence-electron chi connectivity index (χ0n) is 8.12. The van der Waals surface area contributed by atoms with Crippen LogP contribution in [0.2, 0.25) is 0 Å². The minimum Gasteiger partial charge on any atom is -0.351 e. The smallest absolute Gasteiger partial charge is 0.264 e. The largest absolute Gasteiger partial charge is 0.351 e. The molecule has 76 valence electrons. The summed E-state index contributed by atoms with van der Waals surface area (Å²) in [5.41, 5.74) is 0.809. The van der Waals surface area contributed by atoms with Gasteiger partial charge in [0, 0.05) is 6.54 Å². The van der Waals surface area contributed by atoms with E-state index in [1.807, 2.05) is 6.92 Å². The summed E-state index contributed by atoms with van der Waals surface area (Å²) >= 11 is 1.18. The van der Waals surface area contributed by atoms with E-state index < -0.39 is 0 Å². The molecule has 1 N–H and O–H groups in total. The van der Waals surface area contributed by atoms with Gasteiger partial charge in [-0.3, -0.25) is 4.79 Å². The molecule has 0 bridgehead atoms. The van der Waals surface area contributed by atoms with Gasteiger partial charge in [-0.25, -0.2) is 0 Å². The van der Waals surface area contributed by atoms with Gasteiger partial charge in [0.2, 0.25) is 0 Å². The van der Waals surface area contributed by atoms with Crippen molar-refractivity contribution in [2.45, 2.75) is 26.2 Å². The van der Waals surface area contributed by atoms with E-state index in [-0.39, 0.29) is 5.91 Å². The average Bonchev–Trinajstić information content (AvgIpc) is 2.90. The highest BCUT2D eigenvalue weighted by Crippen LogP contribution is 2.27. The van der Waals surface area contributed by atoms with Gasteiger partial charge in [0.15, 0.2) is 0 Å².